The molecule has 0 aliphatic rings. The van der Waals surface area contributed by atoms with E-state index in [0.717, 1.165) is 10.5 Å². The van der Waals surface area contributed by atoms with Gasteiger partial charge in [-0.3, -0.25) is 4.79 Å². The summed E-state index contributed by atoms with van der Waals surface area (Å²) >= 11 is 1.17. The maximum absolute atomic E-state index is 11.8. The van der Waals surface area contributed by atoms with Crippen LogP contribution < -0.4 is 11.1 Å². The molecular formula is C11H13F3N2OS. The van der Waals surface area contributed by atoms with Gasteiger partial charge < -0.3 is 11.1 Å². The van der Waals surface area contributed by atoms with Gasteiger partial charge >= 0.3 is 6.18 Å². The highest BCUT2D eigenvalue weighted by molar-refractivity contribution is 8.00. The summed E-state index contributed by atoms with van der Waals surface area (Å²) in [4.78, 5) is 12.0. The van der Waals surface area contributed by atoms with Gasteiger partial charge in [0.1, 0.15) is 6.54 Å². The zero-order valence-corrected chi connectivity index (χ0v) is 10.3. The molecule has 1 rings (SSSR count). The molecule has 0 saturated heterocycles. The van der Waals surface area contributed by atoms with E-state index in [9.17, 15) is 18.0 Å². The SMILES string of the molecule is NCc1cccc(SCC(=O)NCC(F)(F)F)c1. The van der Waals surface area contributed by atoms with Gasteiger partial charge in [-0.05, 0) is 17.7 Å². The molecule has 0 spiro atoms. The van der Waals surface area contributed by atoms with E-state index in [4.69, 9.17) is 5.73 Å². The summed E-state index contributed by atoms with van der Waals surface area (Å²) in [5, 5.41) is 1.81. The molecule has 0 saturated carbocycles. The minimum atomic E-state index is -4.38. The van der Waals surface area contributed by atoms with Gasteiger partial charge in [-0.25, -0.2) is 0 Å². The second-order valence-corrected chi connectivity index (χ2v) is 4.58. The van der Waals surface area contributed by atoms with Crippen molar-refractivity contribution in [2.24, 2.45) is 5.73 Å². The Labute approximate surface area is 107 Å². The summed E-state index contributed by atoms with van der Waals surface area (Å²) in [5.74, 6) is -0.695. The van der Waals surface area contributed by atoms with Crippen LogP contribution >= 0.6 is 11.8 Å². The Kier molecular flexibility index (Phi) is 5.49. The standard InChI is InChI=1S/C11H13F3N2OS/c12-11(13,14)7-16-10(17)6-18-9-3-1-2-8(4-9)5-15/h1-4H,5-7,15H2,(H,16,17). The van der Waals surface area contributed by atoms with E-state index in [0.29, 0.717) is 6.54 Å². The van der Waals surface area contributed by atoms with Crippen LogP contribution in [-0.4, -0.2) is 24.4 Å². The number of halogens is 3. The summed E-state index contributed by atoms with van der Waals surface area (Å²) in [7, 11) is 0. The molecule has 0 unspecified atom stereocenters. The topological polar surface area (TPSA) is 55.1 Å². The number of thioether (sulfide) groups is 1. The molecule has 0 aliphatic carbocycles. The molecule has 0 atom stereocenters. The van der Waals surface area contributed by atoms with Crippen LogP contribution in [0.15, 0.2) is 29.2 Å². The summed E-state index contributed by atoms with van der Waals surface area (Å²) in [6, 6.07) is 7.22. The van der Waals surface area contributed by atoms with Crippen LogP contribution in [0, 0.1) is 0 Å². The van der Waals surface area contributed by atoms with E-state index in [1.807, 2.05) is 17.4 Å². The molecule has 0 aliphatic heterocycles. The normalized spacial score (nSPS) is 11.3. The van der Waals surface area contributed by atoms with Crippen molar-refractivity contribution in [1.29, 1.82) is 0 Å². The van der Waals surface area contributed by atoms with Crippen LogP contribution in [0.1, 0.15) is 5.56 Å². The number of amides is 1. The van der Waals surface area contributed by atoms with Crippen molar-refractivity contribution in [2.45, 2.75) is 17.6 Å². The summed E-state index contributed by atoms with van der Waals surface area (Å²) in [6.07, 6.45) is -4.38. The molecule has 0 radical (unpaired) electrons. The zero-order chi connectivity index (χ0) is 13.6. The molecule has 0 heterocycles. The lowest BCUT2D eigenvalue weighted by Crippen LogP contribution is -2.34. The fraction of sp³-hybridized carbons (Fsp3) is 0.364. The Bertz CT molecular complexity index is 410. The minimum absolute atomic E-state index is 0.0515. The molecule has 0 bridgehead atoms. The average molecular weight is 278 g/mol. The molecule has 0 fully saturated rings. The molecule has 1 aromatic rings. The third-order valence-electron chi connectivity index (χ3n) is 1.99. The van der Waals surface area contributed by atoms with Gasteiger partial charge in [0.15, 0.2) is 0 Å². The number of benzene rings is 1. The third kappa shape index (κ3) is 5.92. The Balaban J connectivity index is 2.38. The molecule has 1 aromatic carbocycles. The van der Waals surface area contributed by atoms with Crippen molar-refractivity contribution in [2.75, 3.05) is 12.3 Å². The predicted molar refractivity (Wildman–Crippen MR) is 64.1 cm³/mol. The van der Waals surface area contributed by atoms with Crippen LogP contribution in [0.2, 0.25) is 0 Å². The molecule has 18 heavy (non-hydrogen) atoms. The lowest BCUT2D eigenvalue weighted by atomic mass is 10.2. The molecule has 1 amide bonds. The molecule has 3 N–H and O–H groups in total. The first-order valence-electron chi connectivity index (χ1n) is 5.16. The summed E-state index contributed by atoms with van der Waals surface area (Å²) < 4.78 is 35.5. The number of rotatable bonds is 5. The second-order valence-electron chi connectivity index (χ2n) is 3.53. The number of alkyl halides is 3. The number of hydrogen-bond acceptors (Lipinski definition) is 3. The zero-order valence-electron chi connectivity index (χ0n) is 9.46. The van der Waals surface area contributed by atoms with Crippen molar-refractivity contribution in [3.8, 4) is 0 Å². The first kappa shape index (κ1) is 14.8. The van der Waals surface area contributed by atoms with Crippen LogP contribution in [0.4, 0.5) is 13.2 Å². The van der Waals surface area contributed by atoms with E-state index < -0.39 is 18.6 Å². The van der Waals surface area contributed by atoms with Crippen LogP contribution in [0.3, 0.4) is 0 Å². The number of carbonyl (C=O) groups is 1. The Morgan fingerprint density at radius 3 is 2.72 bits per heavy atom. The Morgan fingerprint density at radius 1 is 1.39 bits per heavy atom. The first-order chi connectivity index (χ1) is 8.40. The predicted octanol–water partition coefficient (Wildman–Crippen LogP) is 1.92. The Hall–Kier alpha value is -1.21. The summed E-state index contributed by atoms with van der Waals surface area (Å²) in [5.41, 5.74) is 6.37. The quantitative estimate of drug-likeness (QED) is 0.809. The number of carbonyl (C=O) groups excluding carboxylic acids is 1. The van der Waals surface area contributed by atoms with Gasteiger partial charge in [0, 0.05) is 11.4 Å². The highest BCUT2D eigenvalue weighted by Crippen LogP contribution is 2.19. The lowest BCUT2D eigenvalue weighted by Gasteiger charge is -2.08. The van der Waals surface area contributed by atoms with Crippen LogP contribution in [0.25, 0.3) is 0 Å². The van der Waals surface area contributed by atoms with Gasteiger partial charge in [-0.2, -0.15) is 13.2 Å². The molecular weight excluding hydrogens is 265 g/mol. The van der Waals surface area contributed by atoms with E-state index in [-0.39, 0.29) is 5.75 Å². The third-order valence-corrected chi connectivity index (χ3v) is 2.98. The summed E-state index contributed by atoms with van der Waals surface area (Å²) in [6.45, 7) is -0.913. The second kappa shape index (κ2) is 6.65. The van der Waals surface area contributed by atoms with Gasteiger partial charge in [0.05, 0.1) is 5.75 Å². The smallest absolute Gasteiger partial charge is 0.346 e. The largest absolute Gasteiger partial charge is 0.405 e. The number of nitrogens with one attached hydrogen (secondary N) is 1. The van der Waals surface area contributed by atoms with Crippen molar-refractivity contribution >= 4 is 17.7 Å². The average Bonchev–Trinajstić information content (AvgIpc) is 2.33. The van der Waals surface area contributed by atoms with Crippen LogP contribution in [0.5, 0.6) is 0 Å². The van der Waals surface area contributed by atoms with Gasteiger partial charge in [0.2, 0.25) is 5.91 Å². The van der Waals surface area contributed by atoms with E-state index in [2.05, 4.69) is 0 Å². The molecule has 0 aromatic heterocycles. The molecule has 3 nitrogen and oxygen atoms in total. The number of nitrogens with two attached hydrogens (primary N) is 1. The van der Waals surface area contributed by atoms with E-state index in [1.54, 1.807) is 12.1 Å². The monoisotopic (exact) mass is 278 g/mol. The van der Waals surface area contributed by atoms with Gasteiger partial charge in [0.25, 0.3) is 0 Å². The van der Waals surface area contributed by atoms with E-state index in [1.165, 1.54) is 11.8 Å². The maximum atomic E-state index is 11.8. The molecule has 100 valence electrons. The fourth-order valence-corrected chi connectivity index (χ4v) is 1.97. The fourth-order valence-electron chi connectivity index (χ4n) is 1.16. The van der Waals surface area contributed by atoms with Crippen molar-refractivity contribution < 1.29 is 18.0 Å². The Morgan fingerprint density at radius 2 is 2.11 bits per heavy atom. The van der Waals surface area contributed by atoms with Crippen LogP contribution in [-0.2, 0) is 11.3 Å². The minimum Gasteiger partial charge on any atom is -0.346 e. The highest BCUT2D eigenvalue weighted by Gasteiger charge is 2.27. The molecule has 7 heteroatoms. The van der Waals surface area contributed by atoms with Gasteiger partial charge in [-0.1, -0.05) is 12.1 Å². The van der Waals surface area contributed by atoms with Crippen molar-refractivity contribution in [3.63, 3.8) is 0 Å². The maximum Gasteiger partial charge on any atom is 0.405 e. The first-order valence-corrected chi connectivity index (χ1v) is 6.14. The van der Waals surface area contributed by atoms with Crippen molar-refractivity contribution in [1.82, 2.24) is 5.32 Å². The lowest BCUT2D eigenvalue weighted by molar-refractivity contribution is -0.136. The highest BCUT2D eigenvalue weighted by atomic mass is 32.2. The van der Waals surface area contributed by atoms with E-state index >= 15 is 0 Å². The van der Waals surface area contributed by atoms with Crippen molar-refractivity contribution in [3.05, 3.63) is 29.8 Å². The van der Waals surface area contributed by atoms with Gasteiger partial charge in [-0.15, -0.1) is 11.8 Å². The number of hydrogen-bond donors (Lipinski definition) is 2.